The Balaban J connectivity index is 1.23. The van der Waals surface area contributed by atoms with Crippen molar-refractivity contribution in [1.82, 2.24) is 20.0 Å². The highest BCUT2D eigenvalue weighted by Gasteiger charge is 2.72. The van der Waals surface area contributed by atoms with Crippen molar-refractivity contribution in [2.75, 3.05) is 51.1 Å². The number of hydrogen-bond acceptors (Lipinski definition) is 6. The van der Waals surface area contributed by atoms with Crippen molar-refractivity contribution < 1.29 is 19.1 Å². The van der Waals surface area contributed by atoms with Gasteiger partial charge in [-0.25, -0.2) is 0 Å². The monoisotopic (exact) mass is 645 g/mol. The quantitative estimate of drug-likeness (QED) is 0.394. The fourth-order valence-corrected chi connectivity index (χ4v) is 8.73. The molecule has 1 aromatic carbocycles. The standard InChI is InChI=1S/C33H45Cl2N5O4/c1-4-38-13-15-39(16-14-38)11-6-12-40-29(31(42)37-25-8-5-7-20(2)21(25)3)33-10-9-26(44-33)27(28(33)32(40)43)30(41)36-24-18-22(34)17-23(35)19-24/h9-10,17-21,25-29H,4-8,11-16H2,1-3H3,(H,36,41)(H,37,42)/t20?,21?,25?,26-,27?,28-,29?,33?/m1/s1. The number of carbonyl (C=O) groups excluding carboxylic acids is 3. The molecule has 4 fully saturated rings. The van der Waals surface area contributed by atoms with Crippen LogP contribution in [0.25, 0.3) is 0 Å². The van der Waals surface area contributed by atoms with Gasteiger partial charge >= 0.3 is 0 Å². The number of hydrogen-bond donors (Lipinski definition) is 2. The fraction of sp³-hybridized carbons (Fsp3) is 0.667. The van der Waals surface area contributed by atoms with Crippen LogP contribution in [0.4, 0.5) is 5.69 Å². The lowest BCUT2D eigenvalue weighted by Gasteiger charge is -2.38. The van der Waals surface area contributed by atoms with Gasteiger partial charge in [0.1, 0.15) is 11.6 Å². The van der Waals surface area contributed by atoms with Crippen LogP contribution >= 0.6 is 23.2 Å². The van der Waals surface area contributed by atoms with Crippen molar-refractivity contribution >= 4 is 46.6 Å². The van der Waals surface area contributed by atoms with Crippen molar-refractivity contribution in [2.24, 2.45) is 23.7 Å². The average Bonchev–Trinajstić information content (AvgIpc) is 3.62. The largest absolute Gasteiger partial charge is 0.359 e. The molecule has 0 radical (unpaired) electrons. The molecule has 1 saturated carbocycles. The molecule has 3 amide bonds. The minimum absolute atomic E-state index is 0.0442. The van der Waals surface area contributed by atoms with Gasteiger partial charge in [0.2, 0.25) is 17.7 Å². The van der Waals surface area contributed by atoms with Crippen molar-refractivity contribution in [1.29, 1.82) is 0 Å². The number of rotatable bonds is 9. The van der Waals surface area contributed by atoms with E-state index in [1.807, 2.05) is 12.2 Å². The van der Waals surface area contributed by atoms with Gasteiger partial charge in [-0.15, -0.1) is 0 Å². The number of likely N-dealkylation sites (tertiary alicyclic amines) is 1. The molecule has 3 saturated heterocycles. The molecule has 1 aromatic rings. The Morgan fingerprint density at radius 3 is 2.41 bits per heavy atom. The van der Waals surface area contributed by atoms with Gasteiger partial charge in [-0.05, 0) is 56.0 Å². The third-order valence-corrected chi connectivity index (χ3v) is 11.3. The lowest BCUT2D eigenvalue weighted by atomic mass is 9.73. The Morgan fingerprint density at radius 2 is 1.70 bits per heavy atom. The highest BCUT2D eigenvalue weighted by molar-refractivity contribution is 6.35. The zero-order chi connectivity index (χ0) is 31.2. The number of halogens is 2. The average molecular weight is 647 g/mol. The second-order valence-corrected chi connectivity index (χ2v) is 14.3. The van der Waals surface area contributed by atoms with Crippen LogP contribution < -0.4 is 10.6 Å². The maximum absolute atomic E-state index is 14.3. The van der Waals surface area contributed by atoms with Gasteiger partial charge in [0.25, 0.3) is 0 Å². The van der Waals surface area contributed by atoms with Crippen molar-refractivity contribution in [3.8, 4) is 0 Å². The van der Waals surface area contributed by atoms with E-state index in [0.717, 1.165) is 65.0 Å². The van der Waals surface area contributed by atoms with Crippen LogP contribution in [0.3, 0.4) is 0 Å². The van der Waals surface area contributed by atoms with Crippen molar-refractivity contribution in [3.63, 3.8) is 0 Å². The SMILES string of the molecule is CCN1CCN(CCCN2C(=O)[C@H]3C(C(=O)Nc4cc(Cl)cc(Cl)c4)[C@H]4C=CC3(O4)C2C(=O)NC2CCCC(C)C2C)CC1. The number of nitrogens with zero attached hydrogens (tertiary/aromatic N) is 3. The van der Waals surface area contributed by atoms with Gasteiger partial charge in [-0.3, -0.25) is 14.4 Å². The van der Waals surface area contributed by atoms with E-state index in [4.69, 9.17) is 27.9 Å². The summed E-state index contributed by atoms with van der Waals surface area (Å²) >= 11 is 12.4. The van der Waals surface area contributed by atoms with Crippen LogP contribution in [0.2, 0.25) is 10.0 Å². The number of carbonyl (C=O) groups is 3. The molecule has 44 heavy (non-hydrogen) atoms. The second kappa shape index (κ2) is 12.9. The first-order valence-corrected chi connectivity index (χ1v) is 17.1. The van der Waals surface area contributed by atoms with Gasteiger partial charge in [-0.1, -0.05) is 69.0 Å². The van der Waals surface area contributed by atoms with Crippen LogP contribution in [-0.4, -0.2) is 102 Å². The van der Waals surface area contributed by atoms with E-state index in [0.29, 0.717) is 34.1 Å². The maximum Gasteiger partial charge on any atom is 0.246 e. The Hall–Kier alpha value is -2.17. The third kappa shape index (κ3) is 5.91. The number of anilines is 1. The Morgan fingerprint density at radius 1 is 1.00 bits per heavy atom. The minimum Gasteiger partial charge on any atom is -0.359 e. The molecular weight excluding hydrogens is 601 g/mol. The molecule has 4 aliphatic heterocycles. The van der Waals surface area contributed by atoms with Gasteiger partial charge < -0.3 is 30.1 Å². The lowest BCUT2D eigenvalue weighted by Crippen LogP contribution is -2.58. The van der Waals surface area contributed by atoms with E-state index in [9.17, 15) is 14.4 Å². The first kappa shape index (κ1) is 31.8. The Bertz CT molecular complexity index is 1280. The topological polar surface area (TPSA) is 94.2 Å². The van der Waals surface area contributed by atoms with Gasteiger partial charge in [-0.2, -0.15) is 0 Å². The molecule has 4 heterocycles. The summed E-state index contributed by atoms with van der Waals surface area (Å²) in [5, 5.41) is 7.04. The number of amides is 3. The molecule has 240 valence electrons. The zero-order valence-electron chi connectivity index (χ0n) is 25.9. The summed E-state index contributed by atoms with van der Waals surface area (Å²) in [6.45, 7) is 13.1. The van der Waals surface area contributed by atoms with E-state index in [-0.39, 0.29) is 23.8 Å². The molecule has 5 aliphatic rings. The number of nitrogens with one attached hydrogen (secondary N) is 2. The molecule has 2 bridgehead atoms. The molecular formula is C33H45Cl2N5O4. The molecule has 1 spiro atoms. The summed E-state index contributed by atoms with van der Waals surface area (Å²) < 4.78 is 6.53. The molecule has 9 nitrogen and oxygen atoms in total. The first-order chi connectivity index (χ1) is 21.1. The number of likely N-dealkylation sites (N-methyl/N-ethyl adjacent to an activating group) is 1. The molecule has 8 atom stereocenters. The normalized spacial score (nSPS) is 35.2. The molecule has 6 rings (SSSR count). The van der Waals surface area contributed by atoms with E-state index < -0.39 is 29.6 Å². The number of fused-ring (bicyclic) bond motifs is 1. The van der Waals surface area contributed by atoms with E-state index in [2.05, 4.69) is 41.2 Å². The van der Waals surface area contributed by atoms with Crippen LogP contribution in [0.15, 0.2) is 30.4 Å². The third-order valence-electron chi connectivity index (χ3n) is 10.9. The van der Waals surface area contributed by atoms with Crippen LogP contribution in [0.5, 0.6) is 0 Å². The predicted molar refractivity (Wildman–Crippen MR) is 172 cm³/mol. The van der Waals surface area contributed by atoms with E-state index in [1.165, 1.54) is 0 Å². The number of piperazine rings is 1. The molecule has 0 aromatic heterocycles. The lowest BCUT2D eigenvalue weighted by molar-refractivity contribution is -0.141. The smallest absolute Gasteiger partial charge is 0.246 e. The number of benzene rings is 1. The second-order valence-electron chi connectivity index (χ2n) is 13.4. The van der Waals surface area contributed by atoms with Gasteiger partial charge in [0.05, 0.1) is 17.9 Å². The molecule has 11 heteroatoms. The first-order valence-electron chi connectivity index (χ1n) is 16.3. The van der Waals surface area contributed by atoms with Crippen LogP contribution in [0.1, 0.15) is 46.5 Å². The zero-order valence-corrected chi connectivity index (χ0v) is 27.4. The maximum atomic E-state index is 14.3. The summed E-state index contributed by atoms with van der Waals surface area (Å²) in [4.78, 5) is 48.9. The summed E-state index contributed by atoms with van der Waals surface area (Å²) in [6, 6.07) is 4.05. The predicted octanol–water partition coefficient (Wildman–Crippen LogP) is 4.05. The summed E-state index contributed by atoms with van der Waals surface area (Å²) in [5.74, 6) is -1.44. The van der Waals surface area contributed by atoms with Crippen LogP contribution in [-0.2, 0) is 19.1 Å². The van der Waals surface area contributed by atoms with E-state index in [1.54, 1.807) is 23.1 Å². The van der Waals surface area contributed by atoms with Crippen molar-refractivity contribution in [2.45, 2.75) is 70.2 Å². The Labute approximate surface area is 270 Å². The van der Waals surface area contributed by atoms with Crippen LogP contribution in [0, 0.1) is 23.7 Å². The molecule has 2 N–H and O–H groups in total. The molecule has 1 aliphatic carbocycles. The van der Waals surface area contributed by atoms with Gasteiger partial charge in [0, 0.05) is 54.5 Å². The highest BCUT2D eigenvalue weighted by Crippen LogP contribution is 2.55. The Kier molecular flexibility index (Phi) is 9.33. The minimum atomic E-state index is -1.18. The fourth-order valence-electron chi connectivity index (χ4n) is 8.20. The van der Waals surface area contributed by atoms with E-state index >= 15 is 0 Å². The highest BCUT2D eigenvalue weighted by atomic mass is 35.5. The summed E-state index contributed by atoms with van der Waals surface area (Å²) in [5.41, 5.74) is -0.732. The summed E-state index contributed by atoms with van der Waals surface area (Å²) in [6.07, 6.45) is 7.01. The van der Waals surface area contributed by atoms with Crippen molar-refractivity contribution in [3.05, 3.63) is 40.4 Å². The van der Waals surface area contributed by atoms with Gasteiger partial charge in [0.15, 0.2) is 0 Å². The number of ether oxygens (including phenoxy) is 1. The summed E-state index contributed by atoms with van der Waals surface area (Å²) in [7, 11) is 0. The molecule has 6 unspecified atom stereocenters.